The number of rotatable bonds is 10. The lowest BCUT2D eigenvalue weighted by Crippen LogP contribution is -2.39. The van der Waals surface area contributed by atoms with Crippen LogP contribution in [0.1, 0.15) is 104 Å². The first-order valence-electron chi connectivity index (χ1n) is 12.4. The van der Waals surface area contributed by atoms with E-state index in [0.717, 1.165) is 36.1 Å². The summed E-state index contributed by atoms with van der Waals surface area (Å²) in [4.78, 5) is 14.1. The van der Waals surface area contributed by atoms with Crippen molar-refractivity contribution >= 4 is 6.29 Å². The topological polar surface area (TPSA) is 20.3 Å². The molecule has 0 bridgehead atoms. The van der Waals surface area contributed by atoms with Gasteiger partial charge in [0.05, 0.1) is 0 Å². The van der Waals surface area contributed by atoms with Crippen molar-refractivity contribution in [1.29, 1.82) is 0 Å². The van der Waals surface area contributed by atoms with E-state index in [1.165, 1.54) is 103 Å². The summed E-state index contributed by atoms with van der Waals surface area (Å²) in [7, 11) is 0. The molecule has 1 aliphatic heterocycles. The van der Waals surface area contributed by atoms with Gasteiger partial charge >= 0.3 is 0 Å². The van der Waals surface area contributed by atoms with Crippen molar-refractivity contribution < 1.29 is 4.79 Å². The van der Waals surface area contributed by atoms with E-state index in [2.05, 4.69) is 18.7 Å². The molecule has 6 atom stereocenters. The third kappa shape index (κ3) is 5.81. The highest BCUT2D eigenvalue weighted by Gasteiger charge is 2.45. The lowest BCUT2D eigenvalue weighted by atomic mass is 9.65. The fraction of sp³-hybridized carbons (Fsp3) is 0.960. The summed E-state index contributed by atoms with van der Waals surface area (Å²) in [6.45, 7) is 7.25. The van der Waals surface area contributed by atoms with Gasteiger partial charge in [0.2, 0.25) is 0 Å². The van der Waals surface area contributed by atoms with Crippen LogP contribution in [0, 0.1) is 29.6 Å². The van der Waals surface area contributed by atoms with E-state index in [1.807, 2.05) is 0 Å². The summed E-state index contributed by atoms with van der Waals surface area (Å²) >= 11 is 0. The fourth-order valence-electron chi connectivity index (χ4n) is 6.82. The lowest BCUT2D eigenvalue weighted by Gasteiger charge is -2.42. The number of hydrogen-bond donors (Lipinski definition) is 0. The summed E-state index contributed by atoms with van der Waals surface area (Å²) < 4.78 is 0. The molecule has 0 amide bonds. The summed E-state index contributed by atoms with van der Waals surface area (Å²) in [5.74, 6) is 4.35. The Kier molecular flexibility index (Phi) is 8.68. The van der Waals surface area contributed by atoms with Crippen LogP contribution in [0.4, 0.5) is 0 Å². The average Bonchev–Trinajstić information content (AvgIpc) is 3.02. The zero-order chi connectivity index (χ0) is 19.1. The molecule has 156 valence electrons. The number of nitrogens with zero attached hydrogens (tertiary/aromatic N) is 1. The minimum Gasteiger partial charge on any atom is -0.303 e. The third-order valence-electron chi connectivity index (χ3n) is 8.29. The third-order valence-corrected chi connectivity index (χ3v) is 8.29. The van der Waals surface area contributed by atoms with Crippen LogP contribution in [0.5, 0.6) is 0 Å². The molecule has 0 N–H and O–H groups in total. The molecule has 0 aromatic carbocycles. The smallest absolute Gasteiger partial charge is 0.120 e. The minimum atomic E-state index is 0.649. The van der Waals surface area contributed by atoms with Crippen LogP contribution in [0.15, 0.2) is 0 Å². The molecule has 2 saturated carbocycles. The quantitative estimate of drug-likeness (QED) is 0.322. The highest BCUT2D eigenvalue weighted by Crippen LogP contribution is 2.48. The monoisotopic (exact) mass is 375 g/mol. The van der Waals surface area contributed by atoms with E-state index in [0.29, 0.717) is 5.92 Å². The van der Waals surface area contributed by atoms with Gasteiger partial charge in [0, 0.05) is 19.0 Å². The lowest BCUT2D eigenvalue weighted by molar-refractivity contribution is -0.108. The molecule has 3 rings (SSSR count). The summed E-state index contributed by atoms with van der Waals surface area (Å²) in [6.07, 6.45) is 20.5. The summed E-state index contributed by atoms with van der Waals surface area (Å²) in [6, 6.07) is 0.794. The standard InChI is InChI=1S/C25H45NO/c1-3-4-5-6-7-8-15-26-19-23(14-16-27)24-18-22(12-13-25(24)26)21-11-9-10-20(2)17-21/h16,20-25H,3-15,17-19H2,1-2H3. The number of carbonyl (C=O) groups is 1. The number of hydrogen-bond acceptors (Lipinski definition) is 2. The molecule has 0 spiro atoms. The van der Waals surface area contributed by atoms with E-state index in [9.17, 15) is 4.79 Å². The molecule has 2 aliphatic carbocycles. The van der Waals surface area contributed by atoms with Crippen LogP contribution < -0.4 is 0 Å². The molecular formula is C25H45NO. The minimum absolute atomic E-state index is 0.649. The molecule has 1 heterocycles. The van der Waals surface area contributed by atoms with E-state index < -0.39 is 0 Å². The molecular weight excluding hydrogens is 330 g/mol. The molecule has 2 heteroatoms. The summed E-state index contributed by atoms with van der Waals surface area (Å²) in [5.41, 5.74) is 0. The Bertz CT molecular complexity index is 436. The van der Waals surface area contributed by atoms with Gasteiger partial charge in [0.1, 0.15) is 6.29 Å². The van der Waals surface area contributed by atoms with Crippen LogP contribution in [-0.4, -0.2) is 30.3 Å². The maximum atomic E-state index is 11.3. The van der Waals surface area contributed by atoms with Crippen molar-refractivity contribution in [2.45, 2.75) is 110 Å². The predicted molar refractivity (Wildman–Crippen MR) is 115 cm³/mol. The first kappa shape index (κ1) is 21.3. The normalized spacial score (nSPS) is 37.3. The molecule has 3 fully saturated rings. The molecule has 1 saturated heterocycles. The molecule has 6 unspecified atom stereocenters. The molecule has 0 radical (unpaired) electrons. The average molecular weight is 376 g/mol. The number of aldehydes is 1. The largest absolute Gasteiger partial charge is 0.303 e. The van der Waals surface area contributed by atoms with Gasteiger partial charge in [-0.1, -0.05) is 65.2 Å². The Morgan fingerprint density at radius 2 is 1.70 bits per heavy atom. The number of likely N-dealkylation sites (tertiary alicyclic amines) is 1. The number of unbranched alkanes of at least 4 members (excludes halogenated alkanes) is 5. The Balaban J connectivity index is 1.50. The highest BCUT2D eigenvalue weighted by atomic mass is 16.1. The van der Waals surface area contributed by atoms with E-state index in [-0.39, 0.29) is 0 Å². The number of fused-ring (bicyclic) bond motifs is 1. The summed E-state index contributed by atoms with van der Waals surface area (Å²) in [5, 5.41) is 0. The van der Waals surface area contributed by atoms with Gasteiger partial charge in [-0.25, -0.2) is 0 Å². The fourth-order valence-corrected chi connectivity index (χ4v) is 6.82. The maximum Gasteiger partial charge on any atom is 0.120 e. The van der Waals surface area contributed by atoms with Gasteiger partial charge in [-0.15, -0.1) is 0 Å². The second kappa shape index (κ2) is 11.0. The van der Waals surface area contributed by atoms with E-state index >= 15 is 0 Å². The molecule has 0 aromatic rings. The van der Waals surface area contributed by atoms with Gasteiger partial charge in [0.25, 0.3) is 0 Å². The van der Waals surface area contributed by atoms with Crippen molar-refractivity contribution in [3.63, 3.8) is 0 Å². The first-order valence-corrected chi connectivity index (χ1v) is 12.4. The molecule has 2 nitrogen and oxygen atoms in total. The van der Waals surface area contributed by atoms with Gasteiger partial charge < -0.3 is 4.79 Å². The van der Waals surface area contributed by atoms with Crippen LogP contribution in [0.25, 0.3) is 0 Å². The van der Waals surface area contributed by atoms with Crippen molar-refractivity contribution in [2.75, 3.05) is 13.1 Å². The second-order valence-corrected chi connectivity index (χ2v) is 10.3. The zero-order valence-electron chi connectivity index (χ0n) is 18.2. The van der Waals surface area contributed by atoms with Crippen LogP contribution in [-0.2, 0) is 4.79 Å². The maximum absolute atomic E-state index is 11.3. The predicted octanol–water partition coefficient (Wildman–Crippen LogP) is 6.48. The van der Waals surface area contributed by atoms with Crippen molar-refractivity contribution in [1.82, 2.24) is 4.90 Å². The SMILES string of the molecule is CCCCCCCCN1CC(CC=O)C2CC(C3CCCC(C)C3)CCC21. The molecule has 0 aromatic heterocycles. The Morgan fingerprint density at radius 3 is 2.48 bits per heavy atom. The van der Waals surface area contributed by atoms with Crippen LogP contribution in [0.3, 0.4) is 0 Å². The second-order valence-electron chi connectivity index (χ2n) is 10.3. The Labute approximate surface area is 168 Å². The van der Waals surface area contributed by atoms with E-state index in [1.54, 1.807) is 0 Å². The van der Waals surface area contributed by atoms with Crippen molar-refractivity contribution in [3.05, 3.63) is 0 Å². The Hall–Kier alpha value is -0.370. The number of carbonyl (C=O) groups excluding carboxylic acids is 1. The van der Waals surface area contributed by atoms with Crippen LogP contribution >= 0.6 is 0 Å². The van der Waals surface area contributed by atoms with E-state index in [4.69, 9.17) is 0 Å². The first-order chi connectivity index (χ1) is 13.2. The highest BCUT2D eigenvalue weighted by molar-refractivity contribution is 5.50. The Morgan fingerprint density at radius 1 is 0.926 bits per heavy atom. The zero-order valence-corrected chi connectivity index (χ0v) is 18.2. The van der Waals surface area contributed by atoms with Crippen molar-refractivity contribution in [3.8, 4) is 0 Å². The molecule has 3 aliphatic rings. The van der Waals surface area contributed by atoms with Gasteiger partial charge in [-0.05, 0) is 68.2 Å². The van der Waals surface area contributed by atoms with Gasteiger partial charge in [-0.2, -0.15) is 0 Å². The molecule has 27 heavy (non-hydrogen) atoms. The van der Waals surface area contributed by atoms with Crippen LogP contribution in [0.2, 0.25) is 0 Å². The van der Waals surface area contributed by atoms with Gasteiger partial charge in [0.15, 0.2) is 0 Å². The van der Waals surface area contributed by atoms with Crippen molar-refractivity contribution in [2.24, 2.45) is 29.6 Å². The van der Waals surface area contributed by atoms with Gasteiger partial charge in [-0.3, -0.25) is 4.90 Å².